The van der Waals surface area contributed by atoms with Gasteiger partial charge in [-0.2, -0.15) is 0 Å². The number of nitrogens with two attached hydrogens (primary N) is 1. The van der Waals surface area contributed by atoms with Crippen molar-refractivity contribution in [3.8, 4) is 11.8 Å². The predicted octanol–water partition coefficient (Wildman–Crippen LogP) is 1.92. The van der Waals surface area contributed by atoms with Crippen molar-refractivity contribution < 1.29 is 5.11 Å². The van der Waals surface area contributed by atoms with Crippen LogP contribution < -0.4 is 5.73 Å². The lowest BCUT2D eigenvalue weighted by Gasteiger charge is -2.00. The molecule has 0 aliphatic carbocycles. The number of halogens is 2. The summed E-state index contributed by atoms with van der Waals surface area (Å²) >= 11 is 11.6. The Kier molecular flexibility index (Phi) is 3.44. The zero-order valence-corrected chi connectivity index (χ0v) is 8.15. The Morgan fingerprint density at radius 1 is 1.31 bits per heavy atom. The number of benzene rings is 1. The maximum Gasteiger partial charge on any atom is 0.104 e. The van der Waals surface area contributed by atoms with Gasteiger partial charge in [-0.05, 0) is 12.1 Å². The van der Waals surface area contributed by atoms with E-state index in [1.54, 1.807) is 6.07 Å². The molecule has 13 heavy (non-hydrogen) atoms. The number of rotatable bonds is 0. The van der Waals surface area contributed by atoms with E-state index in [0.29, 0.717) is 21.3 Å². The van der Waals surface area contributed by atoms with Crippen LogP contribution in [0.4, 0.5) is 5.69 Å². The maximum atomic E-state index is 8.47. The molecule has 0 aliphatic heterocycles. The van der Waals surface area contributed by atoms with Crippen LogP contribution in [0.15, 0.2) is 12.1 Å². The first-order chi connectivity index (χ1) is 6.15. The van der Waals surface area contributed by atoms with Gasteiger partial charge in [0, 0.05) is 5.56 Å². The summed E-state index contributed by atoms with van der Waals surface area (Å²) in [7, 11) is 0. The minimum absolute atomic E-state index is 0.210. The Morgan fingerprint density at radius 2 is 2.00 bits per heavy atom. The number of nitrogen functional groups attached to an aromatic ring is 1. The van der Waals surface area contributed by atoms with Crippen LogP contribution in [0.25, 0.3) is 0 Å². The summed E-state index contributed by atoms with van der Waals surface area (Å²) in [5, 5.41) is 9.31. The average Bonchev–Trinajstić information content (AvgIpc) is 2.09. The molecule has 0 aliphatic rings. The van der Waals surface area contributed by atoms with Crippen molar-refractivity contribution in [2.45, 2.75) is 0 Å². The lowest BCUT2D eigenvalue weighted by Crippen LogP contribution is -1.88. The second kappa shape index (κ2) is 4.38. The van der Waals surface area contributed by atoms with Gasteiger partial charge in [-0.1, -0.05) is 35.0 Å². The predicted molar refractivity (Wildman–Crippen MR) is 54.8 cm³/mol. The lowest BCUT2D eigenvalue weighted by atomic mass is 10.2. The second-order valence-electron chi connectivity index (χ2n) is 2.31. The highest BCUT2D eigenvalue weighted by Gasteiger charge is 2.02. The third kappa shape index (κ3) is 2.53. The van der Waals surface area contributed by atoms with Gasteiger partial charge >= 0.3 is 0 Å². The summed E-state index contributed by atoms with van der Waals surface area (Å²) in [6.07, 6.45) is 0. The van der Waals surface area contributed by atoms with Crippen molar-refractivity contribution in [2.24, 2.45) is 0 Å². The van der Waals surface area contributed by atoms with E-state index in [1.165, 1.54) is 6.07 Å². The van der Waals surface area contributed by atoms with Gasteiger partial charge in [-0.15, -0.1) is 0 Å². The Hall–Kier alpha value is -0.880. The van der Waals surface area contributed by atoms with Gasteiger partial charge in [0.05, 0.1) is 15.7 Å². The third-order valence-corrected chi connectivity index (χ3v) is 2.03. The van der Waals surface area contributed by atoms with Crippen LogP contribution in [0.5, 0.6) is 0 Å². The fraction of sp³-hybridized carbons (Fsp3) is 0.111. The van der Waals surface area contributed by atoms with Gasteiger partial charge in [0.15, 0.2) is 0 Å². The van der Waals surface area contributed by atoms with Gasteiger partial charge < -0.3 is 10.8 Å². The van der Waals surface area contributed by atoms with Gasteiger partial charge in [-0.3, -0.25) is 0 Å². The third-order valence-electron chi connectivity index (χ3n) is 1.39. The molecular formula is C9H7Cl2NO. The summed E-state index contributed by atoms with van der Waals surface area (Å²) in [4.78, 5) is 0. The van der Waals surface area contributed by atoms with Crippen molar-refractivity contribution in [3.05, 3.63) is 27.7 Å². The number of anilines is 1. The van der Waals surface area contributed by atoms with Crippen molar-refractivity contribution in [2.75, 3.05) is 12.3 Å². The van der Waals surface area contributed by atoms with Crippen LogP contribution in [0, 0.1) is 11.8 Å². The van der Waals surface area contributed by atoms with Crippen LogP contribution in [0.2, 0.25) is 10.0 Å². The van der Waals surface area contributed by atoms with Crippen LogP contribution in [-0.4, -0.2) is 11.7 Å². The molecule has 1 aromatic rings. The molecule has 0 atom stereocenters. The Bertz CT molecular complexity index is 379. The second-order valence-corrected chi connectivity index (χ2v) is 3.13. The van der Waals surface area contributed by atoms with E-state index in [2.05, 4.69) is 11.8 Å². The van der Waals surface area contributed by atoms with Gasteiger partial charge in [0.2, 0.25) is 0 Å². The summed E-state index contributed by atoms with van der Waals surface area (Å²) in [6.45, 7) is -0.210. The molecule has 0 amide bonds. The van der Waals surface area contributed by atoms with Crippen molar-refractivity contribution in [3.63, 3.8) is 0 Å². The van der Waals surface area contributed by atoms with Gasteiger partial charge in [0.1, 0.15) is 6.61 Å². The van der Waals surface area contributed by atoms with E-state index >= 15 is 0 Å². The first-order valence-electron chi connectivity index (χ1n) is 3.49. The lowest BCUT2D eigenvalue weighted by molar-refractivity contribution is 0.350. The van der Waals surface area contributed by atoms with E-state index in [1.807, 2.05) is 0 Å². The van der Waals surface area contributed by atoms with Crippen molar-refractivity contribution >= 4 is 28.9 Å². The molecule has 2 nitrogen and oxygen atoms in total. The molecule has 68 valence electrons. The highest BCUT2D eigenvalue weighted by molar-refractivity contribution is 6.35. The summed E-state index contributed by atoms with van der Waals surface area (Å²) in [5.41, 5.74) is 6.49. The fourth-order valence-corrected chi connectivity index (χ4v) is 1.18. The molecule has 0 unspecified atom stereocenters. The molecule has 0 heterocycles. The van der Waals surface area contributed by atoms with E-state index in [9.17, 15) is 0 Å². The van der Waals surface area contributed by atoms with Crippen LogP contribution in [0.1, 0.15) is 5.56 Å². The molecule has 1 aromatic carbocycles. The number of hydrogen-bond acceptors (Lipinski definition) is 2. The molecular weight excluding hydrogens is 209 g/mol. The van der Waals surface area contributed by atoms with Crippen LogP contribution >= 0.6 is 23.2 Å². The monoisotopic (exact) mass is 215 g/mol. The first-order valence-corrected chi connectivity index (χ1v) is 4.25. The summed E-state index contributed by atoms with van der Waals surface area (Å²) in [5.74, 6) is 5.13. The summed E-state index contributed by atoms with van der Waals surface area (Å²) in [6, 6.07) is 3.10. The SMILES string of the molecule is Nc1cc(Cl)c(C#CCO)cc1Cl. The Labute approximate surface area is 86.3 Å². The van der Waals surface area contributed by atoms with E-state index in [0.717, 1.165) is 0 Å². The molecule has 0 saturated heterocycles. The molecule has 0 aromatic heterocycles. The van der Waals surface area contributed by atoms with E-state index in [-0.39, 0.29) is 6.61 Å². The number of hydrogen-bond donors (Lipinski definition) is 2. The summed E-state index contributed by atoms with van der Waals surface area (Å²) < 4.78 is 0. The van der Waals surface area contributed by atoms with E-state index < -0.39 is 0 Å². The fourth-order valence-electron chi connectivity index (χ4n) is 0.793. The van der Waals surface area contributed by atoms with Crippen LogP contribution in [-0.2, 0) is 0 Å². The number of aliphatic hydroxyl groups excluding tert-OH is 1. The van der Waals surface area contributed by atoms with Crippen LogP contribution in [0.3, 0.4) is 0 Å². The minimum atomic E-state index is -0.210. The van der Waals surface area contributed by atoms with Gasteiger partial charge in [0.25, 0.3) is 0 Å². The molecule has 0 fully saturated rings. The Balaban J connectivity index is 3.16. The standard InChI is InChI=1S/C9H7Cl2NO/c10-7-5-9(12)8(11)4-6(7)2-1-3-13/h4-5,13H,3,12H2. The highest BCUT2D eigenvalue weighted by atomic mass is 35.5. The molecule has 4 heteroatoms. The zero-order chi connectivity index (χ0) is 9.84. The topological polar surface area (TPSA) is 46.2 Å². The smallest absolute Gasteiger partial charge is 0.104 e. The van der Waals surface area contributed by atoms with Crippen molar-refractivity contribution in [1.29, 1.82) is 0 Å². The van der Waals surface area contributed by atoms with E-state index in [4.69, 9.17) is 34.0 Å². The van der Waals surface area contributed by atoms with Gasteiger partial charge in [-0.25, -0.2) is 0 Å². The molecule has 1 rings (SSSR count). The van der Waals surface area contributed by atoms with Crippen molar-refractivity contribution in [1.82, 2.24) is 0 Å². The molecule has 0 saturated carbocycles. The largest absolute Gasteiger partial charge is 0.397 e. The molecule has 3 N–H and O–H groups in total. The first kappa shape index (κ1) is 10.2. The Morgan fingerprint density at radius 3 is 2.62 bits per heavy atom. The molecule has 0 radical (unpaired) electrons. The molecule has 0 bridgehead atoms. The molecule has 0 spiro atoms. The minimum Gasteiger partial charge on any atom is -0.397 e. The zero-order valence-electron chi connectivity index (χ0n) is 6.64. The normalized spacial score (nSPS) is 9.15. The average molecular weight is 216 g/mol. The number of aliphatic hydroxyl groups is 1. The maximum absolute atomic E-state index is 8.47. The quantitative estimate of drug-likeness (QED) is 0.514. The highest BCUT2D eigenvalue weighted by Crippen LogP contribution is 2.26.